The van der Waals surface area contributed by atoms with Crippen molar-refractivity contribution < 1.29 is 94.3 Å². The molecule has 0 bridgehead atoms. The van der Waals surface area contributed by atoms with E-state index in [2.05, 4.69) is 9.47 Å². The van der Waals surface area contributed by atoms with Crippen LogP contribution in [-0.4, -0.2) is 83.6 Å². The molecule has 0 amide bonds. The summed E-state index contributed by atoms with van der Waals surface area (Å²) in [5.41, 5.74) is 0. The van der Waals surface area contributed by atoms with Crippen molar-refractivity contribution in [2.45, 2.75) is 67.1 Å². The molecule has 34 heavy (non-hydrogen) atoms. The first-order valence-corrected chi connectivity index (χ1v) is 7.95. The van der Waals surface area contributed by atoms with Crippen LogP contribution in [0.3, 0.4) is 0 Å². The molecule has 0 saturated carbocycles. The predicted octanol–water partition coefficient (Wildman–Crippen LogP) is 4.69. The number of rotatable bonds is 12. The van der Waals surface area contributed by atoms with Crippen LogP contribution in [0.1, 0.15) is 6.92 Å². The second-order valence-electron chi connectivity index (χ2n) is 6.15. The standard InChI is InChI=1S/C13H11F17O4/c1-2-33-5(4(32)3-31)34-13(29,30)11(24,25)9(20,21)7(16,17)6(14,15)8(18,19)10(22,23)12(26,27)28/h4-5,31-32H,2-3H2,1H3. The molecule has 0 aliphatic heterocycles. The Kier molecular flexibility index (Phi) is 8.90. The molecule has 0 heterocycles. The predicted molar refractivity (Wildman–Crippen MR) is 70.3 cm³/mol. The Labute approximate surface area is 176 Å². The summed E-state index contributed by atoms with van der Waals surface area (Å²) >= 11 is 0. The van der Waals surface area contributed by atoms with Gasteiger partial charge in [0.1, 0.15) is 6.10 Å². The fourth-order valence-corrected chi connectivity index (χ4v) is 1.84. The number of hydrogen-bond donors (Lipinski definition) is 2. The summed E-state index contributed by atoms with van der Waals surface area (Å²) in [7, 11) is 0. The van der Waals surface area contributed by atoms with Crippen LogP contribution in [0.25, 0.3) is 0 Å². The fraction of sp³-hybridized carbons (Fsp3) is 1.00. The molecule has 21 heteroatoms. The SMILES string of the molecule is CCOC(OC(F)(F)C(F)(F)C(F)(F)C(F)(F)C(F)(F)C(F)(F)C(F)(F)C(F)(F)F)C(O)CO. The summed E-state index contributed by atoms with van der Waals surface area (Å²) in [5.74, 6) is -51.0. The van der Waals surface area contributed by atoms with Crippen molar-refractivity contribution in [3.8, 4) is 0 Å². The molecular weight excluding hydrogens is 543 g/mol. The van der Waals surface area contributed by atoms with Gasteiger partial charge in [-0.05, 0) is 6.92 Å². The van der Waals surface area contributed by atoms with E-state index in [0.29, 0.717) is 0 Å². The van der Waals surface area contributed by atoms with E-state index in [0.717, 1.165) is 6.92 Å². The Hall–Kier alpha value is -1.35. The first-order valence-electron chi connectivity index (χ1n) is 7.95. The molecule has 0 rings (SSSR count). The van der Waals surface area contributed by atoms with Crippen molar-refractivity contribution in [2.24, 2.45) is 0 Å². The zero-order valence-electron chi connectivity index (χ0n) is 15.7. The maximum Gasteiger partial charge on any atom is 0.460 e. The number of aliphatic hydroxyl groups is 2. The molecule has 0 aromatic heterocycles. The summed E-state index contributed by atoms with van der Waals surface area (Å²) in [6.07, 6.45) is -21.2. The van der Waals surface area contributed by atoms with Gasteiger partial charge in [0.25, 0.3) is 0 Å². The Balaban J connectivity index is 6.65. The van der Waals surface area contributed by atoms with Crippen molar-refractivity contribution in [3.63, 3.8) is 0 Å². The van der Waals surface area contributed by atoms with Gasteiger partial charge in [-0.15, -0.1) is 0 Å². The van der Waals surface area contributed by atoms with Gasteiger partial charge in [0.15, 0.2) is 6.29 Å². The molecule has 0 aliphatic carbocycles. The number of hydrogen-bond acceptors (Lipinski definition) is 4. The highest BCUT2D eigenvalue weighted by Gasteiger charge is 2.95. The molecule has 0 saturated heterocycles. The van der Waals surface area contributed by atoms with Crippen LogP contribution >= 0.6 is 0 Å². The first-order chi connectivity index (χ1) is 14.7. The summed E-state index contributed by atoms with van der Waals surface area (Å²) in [5, 5.41) is 17.5. The van der Waals surface area contributed by atoms with E-state index < -0.39 is 73.4 Å². The van der Waals surface area contributed by atoms with E-state index in [1.165, 1.54) is 0 Å². The van der Waals surface area contributed by atoms with Crippen LogP contribution in [0.5, 0.6) is 0 Å². The number of halogens is 17. The van der Waals surface area contributed by atoms with Gasteiger partial charge >= 0.3 is 47.8 Å². The van der Waals surface area contributed by atoms with Crippen LogP contribution < -0.4 is 0 Å². The summed E-state index contributed by atoms with van der Waals surface area (Å²) < 4.78 is 229. The van der Waals surface area contributed by atoms with Crippen molar-refractivity contribution >= 4 is 0 Å². The maximum atomic E-state index is 13.6. The third kappa shape index (κ3) is 4.71. The molecule has 4 nitrogen and oxygen atoms in total. The minimum atomic E-state index is -8.76. The van der Waals surface area contributed by atoms with Gasteiger partial charge in [-0.3, -0.25) is 4.74 Å². The Morgan fingerprint density at radius 2 is 0.912 bits per heavy atom. The molecule has 0 spiro atoms. The molecule has 0 radical (unpaired) electrons. The molecule has 0 aliphatic rings. The zero-order chi connectivity index (χ0) is 28.0. The zero-order valence-corrected chi connectivity index (χ0v) is 15.7. The molecule has 0 aromatic rings. The number of aliphatic hydroxyl groups excluding tert-OH is 2. The van der Waals surface area contributed by atoms with Crippen LogP contribution in [0.4, 0.5) is 74.6 Å². The first kappa shape index (κ1) is 32.7. The smallest absolute Gasteiger partial charge is 0.393 e. The Bertz CT molecular complexity index is 689. The third-order valence-electron chi connectivity index (χ3n) is 3.79. The minimum absolute atomic E-state index is 0.822. The lowest BCUT2D eigenvalue weighted by atomic mass is 9.90. The lowest BCUT2D eigenvalue weighted by Gasteiger charge is -2.42. The molecule has 0 fully saturated rings. The van der Waals surface area contributed by atoms with Crippen LogP contribution in [0, 0.1) is 0 Å². The summed E-state index contributed by atoms with van der Waals surface area (Å²) in [6, 6.07) is 0. The lowest BCUT2D eigenvalue weighted by Crippen LogP contribution is -2.74. The normalized spacial score (nSPS) is 17.6. The van der Waals surface area contributed by atoms with Crippen LogP contribution in [-0.2, 0) is 9.47 Å². The van der Waals surface area contributed by atoms with Gasteiger partial charge < -0.3 is 14.9 Å². The van der Waals surface area contributed by atoms with Gasteiger partial charge in [-0.1, -0.05) is 0 Å². The molecular formula is C13H11F17O4. The second-order valence-corrected chi connectivity index (χ2v) is 6.15. The van der Waals surface area contributed by atoms with E-state index in [9.17, 15) is 74.6 Å². The highest BCUT2D eigenvalue weighted by molar-refractivity contribution is 5.14. The van der Waals surface area contributed by atoms with E-state index in [1.54, 1.807) is 0 Å². The largest absolute Gasteiger partial charge is 0.460 e. The van der Waals surface area contributed by atoms with Crippen molar-refractivity contribution in [1.82, 2.24) is 0 Å². The van der Waals surface area contributed by atoms with Crippen molar-refractivity contribution in [1.29, 1.82) is 0 Å². The van der Waals surface area contributed by atoms with E-state index in [-0.39, 0.29) is 0 Å². The van der Waals surface area contributed by atoms with Gasteiger partial charge in [-0.2, -0.15) is 74.6 Å². The topological polar surface area (TPSA) is 58.9 Å². The molecule has 206 valence electrons. The third-order valence-corrected chi connectivity index (χ3v) is 3.79. The quantitative estimate of drug-likeness (QED) is 0.272. The monoisotopic (exact) mass is 554 g/mol. The lowest BCUT2D eigenvalue weighted by molar-refractivity contribution is -0.487. The Morgan fingerprint density at radius 1 is 0.588 bits per heavy atom. The fourth-order valence-electron chi connectivity index (χ4n) is 1.84. The molecule has 0 aromatic carbocycles. The average molecular weight is 554 g/mol. The van der Waals surface area contributed by atoms with Crippen molar-refractivity contribution in [2.75, 3.05) is 13.2 Å². The highest BCUT2D eigenvalue weighted by Crippen LogP contribution is 2.64. The average Bonchev–Trinajstić information content (AvgIpc) is 2.64. The van der Waals surface area contributed by atoms with E-state index in [1.807, 2.05) is 0 Å². The van der Waals surface area contributed by atoms with Crippen LogP contribution in [0.15, 0.2) is 0 Å². The summed E-state index contributed by atoms with van der Waals surface area (Å²) in [6.45, 7) is -1.83. The highest BCUT2D eigenvalue weighted by atomic mass is 19.4. The van der Waals surface area contributed by atoms with E-state index in [4.69, 9.17) is 10.2 Å². The second kappa shape index (κ2) is 9.26. The van der Waals surface area contributed by atoms with Crippen LogP contribution in [0.2, 0.25) is 0 Å². The maximum absolute atomic E-state index is 13.6. The minimum Gasteiger partial charge on any atom is -0.393 e. The Morgan fingerprint density at radius 3 is 1.21 bits per heavy atom. The van der Waals surface area contributed by atoms with E-state index >= 15 is 0 Å². The van der Waals surface area contributed by atoms with Crippen molar-refractivity contribution in [3.05, 3.63) is 0 Å². The van der Waals surface area contributed by atoms with Gasteiger partial charge in [0.05, 0.1) is 6.61 Å². The van der Waals surface area contributed by atoms with Gasteiger partial charge in [0, 0.05) is 6.61 Å². The molecule has 2 N–H and O–H groups in total. The molecule has 2 atom stereocenters. The number of ether oxygens (including phenoxy) is 2. The van der Waals surface area contributed by atoms with Gasteiger partial charge in [-0.25, -0.2) is 0 Å². The van der Waals surface area contributed by atoms with Gasteiger partial charge in [0.2, 0.25) is 0 Å². The summed E-state index contributed by atoms with van der Waals surface area (Å²) in [4.78, 5) is 0. The molecule has 2 unspecified atom stereocenters. The number of alkyl halides is 17.